The number of anilines is 2. The number of aromatic nitrogens is 2. The van der Waals surface area contributed by atoms with E-state index in [-0.39, 0.29) is 0 Å². The molecule has 1 aromatic heterocycles. The monoisotopic (exact) mass is 220 g/mol. The highest BCUT2D eigenvalue weighted by atomic mass is 15.1. The normalized spacial score (nSPS) is 24.0. The molecule has 0 aromatic carbocycles. The molecular formula is C12H20N4. The Morgan fingerprint density at radius 2 is 2.19 bits per heavy atom. The average Bonchev–Trinajstić information content (AvgIpc) is 2.21. The molecule has 16 heavy (non-hydrogen) atoms. The van der Waals surface area contributed by atoms with Crippen LogP contribution >= 0.6 is 0 Å². The predicted octanol–water partition coefficient (Wildman–Crippen LogP) is 2.44. The van der Waals surface area contributed by atoms with E-state index in [2.05, 4.69) is 29.1 Å². The van der Waals surface area contributed by atoms with E-state index in [1.165, 1.54) is 25.7 Å². The number of hydrogen-bond acceptors (Lipinski definition) is 4. The van der Waals surface area contributed by atoms with Crippen LogP contribution in [0.2, 0.25) is 0 Å². The van der Waals surface area contributed by atoms with Crippen LogP contribution in [0.5, 0.6) is 0 Å². The molecule has 4 heteroatoms. The largest absolute Gasteiger partial charge is 0.382 e. The highest BCUT2D eigenvalue weighted by Gasteiger charge is 2.32. The summed E-state index contributed by atoms with van der Waals surface area (Å²) in [5.41, 5.74) is 5.94. The summed E-state index contributed by atoms with van der Waals surface area (Å²) in [6.07, 6.45) is 8.38. The first-order chi connectivity index (χ1) is 7.58. The molecular weight excluding hydrogens is 200 g/mol. The Hall–Kier alpha value is -1.32. The van der Waals surface area contributed by atoms with E-state index in [1.54, 1.807) is 12.4 Å². The molecule has 2 rings (SSSR count). The lowest BCUT2D eigenvalue weighted by Gasteiger charge is -2.39. The van der Waals surface area contributed by atoms with E-state index in [0.29, 0.717) is 17.3 Å². The quantitative estimate of drug-likeness (QED) is 0.803. The van der Waals surface area contributed by atoms with Crippen molar-refractivity contribution in [3.63, 3.8) is 0 Å². The molecule has 1 aromatic rings. The lowest BCUT2D eigenvalue weighted by Crippen LogP contribution is -2.39. The summed E-state index contributed by atoms with van der Waals surface area (Å²) in [5, 5.41) is 3.46. The summed E-state index contributed by atoms with van der Waals surface area (Å²) < 4.78 is 0. The molecule has 4 nitrogen and oxygen atoms in total. The van der Waals surface area contributed by atoms with E-state index in [9.17, 15) is 0 Å². The Morgan fingerprint density at radius 1 is 1.38 bits per heavy atom. The van der Waals surface area contributed by atoms with Crippen molar-refractivity contribution in [1.29, 1.82) is 0 Å². The number of hydrogen-bond donors (Lipinski definition) is 2. The van der Waals surface area contributed by atoms with Crippen molar-refractivity contribution in [3.8, 4) is 0 Å². The Balaban J connectivity index is 2.08. The Morgan fingerprint density at radius 3 is 2.88 bits per heavy atom. The van der Waals surface area contributed by atoms with Gasteiger partial charge in [0.2, 0.25) is 0 Å². The van der Waals surface area contributed by atoms with E-state index in [1.807, 2.05) is 0 Å². The van der Waals surface area contributed by atoms with E-state index < -0.39 is 0 Å². The predicted molar refractivity (Wildman–Crippen MR) is 66.1 cm³/mol. The molecule has 1 heterocycles. The zero-order valence-electron chi connectivity index (χ0n) is 10.0. The topological polar surface area (TPSA) is 63.8 Å². The second-order valence-corrected chi connectivity index (χ2v) is 5.26. The van der Waals surface area contributed by atoms with Crippen molar-refractivity contribution < 1.29 is 0 Å². The Labute approximate surface area is 96.7 Å². The van der Waals surface area contributed by atoms with Crippen LogP contribution in [0.4, 0.5) is 11.6 Å². The fourth-order valence-electron chi connectivity index (χ4n) is 2.39. The van der Waals surface area contributed by atoms with Crippen molar-refractivity contribution in [1.82, 2.24) is 9.97 Å². The minimum absolute atomic E-state index is 0.324. The molecule has 0 bridgehead atoms. The molecule has 0 radical (unpaired) electrons. The van der Waals surface area contributed by atoms with Gasteiger partial charge in [-0.3, -0.25) is 4.98 Å². The van der Waals surface area contributed by atoms with Crippen LogP contribution in [0, 0.1) is 5.41 Å². The zero-order valence-corrected chi connectivity index (χ0v) is 10.0. The maximum absolute atomic E-state index is 5.62. The third-order valence-corrected chi connectivity index (χ3v) is 3.48. The third-order valence-electron chi connectivity index (χ3n) is 3.48. The van der Waals surface area contributed by atoms with Crippen LogP contribution in [0.1, 0.15) is 39.5 Å². The van der Waals surface area contributed by atoms with Gasteiger partial charge >= 0.3 is 0 Å². The van der Waals surface area contributed by atoms with Crippen molar-refractivity contribution in [2.75, 3.05) is 11.1 Å². The Kier molecular flexibility index (Phi) is 2.99. The lowest BCUT2D eigenvalue weighted by molar-refractivity contribution is 0.216. The van der Waals surface area contributed by atoms with Gasteiger partial charge in [-0.05, 0) is 18.3 Å². The van der Waals surface area contributed by atoms with Crippen LogP contribution in [0.15, 0.2) is 12.4 Å². The number of rotatable bonds is 2. The fraction of sp³-hybridized carbons (Fsp3) is 0.667. The van der Waals surface area contributed by atoms with Crippen molar-refractivity contribution >= 4 is 11.6 Å². The van der Waals surface area contributed by atoms with Gasteiger partial charge in [0.1, 0.15) is 11.6 Å². The van der Waals surface area contributed by atoms with Gasteiger partial charge in [0.15, 0.2) is 0 Å². The molecule has 1 aliphatic rings. The minimum atomic E-state index is 0.324. The SMILES string of the molecule is CC1(C)CCCCC1Nc1cncc(N)n1. The first-order valence-electron chi connectivity index (χ1n) is 5.92. The standard InChI is InChI=1S/C12H20N4/c1-12(2)6-4-3-5-9(12)15-11-8-14-7-10(13)16-11/h7-9H,3-6H2,1-2H3,(H3,13,15,16). The molecule has 3 N–H and O–H groups in total. The van der Waals surface area contributed by atoms with Gasteiger partial charge in [0.25, 0.3) is 0 Å². The molecule has 0 aliphatic heterocycles. The summed E-state index contributed by atoms with van der Waals surface area (Å²) in [6, 6.07) is 0.470. The van der Waals surface area contributed by atoms with E-state index in [4.69, 9.17) is 5.73 Å². The molecule has 1 aliphatic carbocycles. The first kappa shape index (κ1) is 11.2. The molecule has 0 spiro atoms. The summed E-state index contributed by atoms with van der Waals surface area (Å²) >= 11 is 0. The maximum Gasteiger partial charge on any atom is 0.147 e. The van der Waals surface area contributed by atoms with Crippen LogP contribution < -0.4 is 11.1 Å². The van der Waals surface area contributed by atoms with Crippen LogP contribution in [0.3, 0.4) is 0 Å². The van der Waals surface area contributed by atoms with Crippen LogP contribution in [0.25, 0.3) is 0 Å². The lowest BCUT2D eigenvalue weighted by atomic mass is 9.73. The first-order valence-corrected chi connectivity index (χ1v) is 5.92. The molecule has 0 amide bonds. The fourth-order valence-corrected chi connectivity index (χ4v) is 2.39. The van der Waals surface area contributed by atoms with Gasteiger partial charge in [-0.15, -0.1) is 0 Å². The third kappa shape index (κ3) is 2.43. The molecule has 0 saturated heterocycles. The Bertz CT molecular complexity index is 362. The maximum atomic E-state index is 5.62. The van der Waals surface area contributed by atoms with Gasteiger partial charge in [0.05, 0.1) is 12.4 Å². The molecule has 1 fully saturated rings. The van der Waals surface area contributed by atoms with Crippen LogP contribution in [-0.4, -0.2) is 16.0 Å². The van der Waals surface area contributed by atoms with E-state index >= 15 is 0 Å². The summed E-state index contributed by atoms with van der Waals surface area (Å²) in [5.74, 6) is 1.26. The van der Waals surface area contributed by atoms with Crippen LogP contribution in [-0.2, 0) is 0 Å². The molecule has 1 saturated carbocycles. The second kappa shape index (κ2) is 4.28. The smallest absolute Gasteiger partial charge is 0.147 e. The number of nitrogens with two attached hydrogens (primary N) is 1. The summed E-state index contributed by atoms with van der Waals surface area (Å²) in [4.78, 5) is 8.28. The number of nitrogen functional groups attached to an aromatic ring is 1. The second-order valence-electron chi connectivity index (χ2n) is 5.26. The van der Waals surface area contributed by atoms with E-state index in [0.717, 1.165) is 5.82 Å². The van der Waals surface area contributed by atoms with Gasteiger partial charge in [0, 0.05) is 6.04 Å². The van der Waals surface area contributed by atoms with Gasteiger partial charge < -0.3 is 11.1 Å². The molecule has 1 unspecified atom stereocenters. The van der Waals surface area contributed by atoms with Crippen molar-refractivity contribution in [2.24, 2.45) is 5.41 Å². The summed E-state index contributed by atoms with van der Waals surface area (Å²) in [7, 11) is 0. The number of nitrogens with one attached hydrogen (secondary N) is 1. The zero-order chi connectivity index (χ0) is 11.6. The van der Waals surface area contributed by atoms with Crippen molar-refractivity contribution in [2.45, 2.75) is 45.6 Å². The molecule has 88 valence electrons. The van der Waals surface area contributed by atoms with Gasteiger partial charge in [-0.25, -0.2) is 4.98 Å². The molecule has 1 atom stereocenters. The minimum Gasteiger partial charge on any atom is -0.382 e. The highest BCUT2D eigenvalue weighted by Crippen LogP contribution is 2.36. The van der Waals surface area contributed by atoms with Crippen molar-refractivity contribution in [3.05, 3.63) is 12.4 Å². The van der Waals surface area contributed by atoms with Gasteiger partial charge in [-0.2, -0.15) is 0 Å². The highest BCUT2D eigenvalue weighted by molar-refractivity contribution is 5.39. The summed E-state index contributed by atoms with van der Waals surface area (Å²) in [6.45, 7) is 4.62. The van der Waals surface area contributed by atoms with Gasteiger partial charge in [-0.1, -0.05) is 26.7 Å². The average molecular weight is 220 g/mol. The number of nitrogens with zero attached hydrogens (tertiary/aromatic N) is 2.